The predicted molar refractivity (Wildman–Crippen MR) is 131 cm³/mol. The van der Waals surface area contributed by atoms with Crippen LogP contribution in [-0.4, -0.2) is 30.9 Å². The summed E-state index contributed by atoms with van der Waals surface area (Å²) in [5.74, 6) is 0.0625. The molecule has 10 heteroatoms. The second-order valence-corrected chi connectivity index (χ2v) is 8.82. The van der Waals surface area contributed by atoms with E-state index in [0.29, 0.717) is 41.3 Å². The van der Waals surface area contributed by atoms with E-state index in [-0.39, 0.29) is 31.1 Å². The van der Waals surface area contributed by atoms with Crippen molar-refractivity contribution >= 4 is 28.7 Å². The van der Waals surface area contributed by atoms with Crippen molar-refractivity contribution in [1.82, 2.24) is 19.1 Å². The third-order valence-corrected chi connectivity index (χ3v) is 5.48. The normalized spacial score (nSPS) is 11.3. The molecule has 0 saturated heterocycles. The number of fused-ring (bicyclic) bond motifs is 1. The van der Waals surface area contributed by atoms with Crippen molar-refractivity contribution in [3.63, 3.8) is 0 Å². The molecule has 0 saturated carbocycles. The number of aryl methyl sites for hydroxylation is 2. The number of amides is 2. The van der Waals surface area contributed by atoms with Gasteiger partial charge in [0.15, 0.2) is 11.2 Å². The minimum atomic E-state index is -0.483. The van der Waals surface area contributed by atoms with Gasteiger partial charge in [-0.1, -0.05) is 45.4 Å². The number of primary amides is 1. The molecular formula is C24H32N6O4. The number of hydrogen-bond donors (Lipinski definition) is 3. The summed E-state index contributed by atoms with van der Waals surface area (Å²) in [7, 11) is 0. The van der Waals surface area contributed by atoms with Crippen LogP contribution in [0.3, 0.4) is 0 Å². The largest absolute Gasteiger partial charge is 0.369 e. The molecule has 0 aliphatic carbocycles. The number of hydrogen-bond acceptors (Lipinski definition) is 5. The zero-order chi connectivity index (χ0) is 24.8. The summed E-state index contributed by atoms with van der Waals surface area (Å²) in [6.07, 6.45) is 2.10. The van der Waals surface area contributed by atoms with Gasteiger partial charge < -0.3 is 15.6 Å². The second-order valence-electron chi connectivity index (χ2n) is 8.82. The zero-order valence-corrected chi connectivity index (χ0v) is 19.9. The Morgan fingerprint density at radius 2 is 1.91 bits per heavy atom. The SMILES string of the molecule is CCCCn1c(=O)[nH]c(=O)c2c1nc(CCC(=O)Nc1ccccc1CC(N)=O)n2CC(C)C. The predicted octanol–water partition coefficient (Wildman–Crippen LogP) is 1.94. The number of H-pyrrole nitrogens is 1. The van der Waals surface area contributed by atoms with Crippen molar-refractivity contribution in [3.05, 3.63) is 56.5 Å². The van der Waals surface area contributed by atoms with Gasteiger partial charge in [0.1, 0.15) is 5.82 Å². The Labute approximate surface area is 197 Å². The van der Waals surface area contributed by atoms with Gasteiger partial charge in [-0.25, -0.2) is 9.78 Å². The number of anilines is 1. The maximum Gasteiger partial charge on any atom is 0.330 e. The lowest BCUT2D eigenvalue weighted by molar-refractivity contribution is -0.118. The monoisotopic (exact) mass is 468 g/mol. The molecule has 3 aromatic rings. The standard InChI is InChI=1S/C24H32N6O4/c1-4-5-12-29-22-21(23(33)28-24(29)34)30(14-15(2)3)19(27-22)10-11-20(32)26-17-9-7-6-8-16(17)13-18(25)31/h6-9,15H,4-5,10-14H2,1-3H3,(H2,25,31)(H,26,32)(H,28,33,34). The van der Waals surface area contributed by atoms with Crippen LogP contribution in [0, 0.1) is 5.92 Å². The van der Waals surface area contributed by atoms with E-state index in [0.717, 1.165) is 12.8 Å². The highest BCUT2D eigenvalue weighted by Crippen LogP contribution is 2.18. The molecule has 2 heterocycles. The smallest absolute Gasteiger partial charge is 0.330 e. The lowest BCUT2D eigenvalue weighted by Crippen LogP contribution is -2.31. The van der Waals surface area contributed by atoms with Crippen LogP contribution in [-0.2, 0) is 35.5 Å². The van der Waals surface area contributed by atoms with E-state index >= 15 is 0 Å². The number of aromatic nitrogens is 4. The van der Waals surface area contributed by atoms with Gasteiger partial charge in [-0.15, -0.1) is 0 Å². The van der Waals surface area contributed by atoms with E-state index in [4.69, 9.17) is 5.73 Å². The lowest BCUT2D eigenvalue weighted by Gasteiger charge is -2.12. The van der Waals surface area contributed by atoms with E-state index in [2.05, 4.69) is 15.3 Å². The number of benzene rings is 1. The molecule has 10 nitrogen and oxygen atoms in total. The quantitative estimate of drug-likeness (QED) is 0.394. The highest BCUT2D eigenvalue weighted by molar-refractivity contribution is 5.92. The summed E-state index contributed by atoms with van der Waals surface area (Å²) in [4.78, 5) is 56.2. The number of rotatable bonds is 11. The first kappa shape index (κ1) is 24.9. The molecule has 3 rings (SSSR count). The number of aromatic amines is 1. The summed E-state index contributed by atoms with van der Waals surface area (Å²) in [6.45, 7) is 7.07. The van der Waals surface area contributed by atoms with Crippen LogP contribution >= 0.6 is 0 Å². The molecular weight excluding hydrogens is 436 g/mol. The van der Waals surface area contributed by atoms with Crippen molar-refractivity contribution in [2.24, 2.45) is 11.7 Å². The Morgan fingerprint density at radius 1 is 1.18 bits per heavy atom. The zero-order valence-electron chi connectivity index (χ0n) is 19.9. The highest BCUT2D eigenvalue weighted by atomic mass is 16.2. The average Bonchev–Trinajstić information content (AvgIpc) is 3.11. The first-order valence-corrected chi connectivity index (χ1v) is 11.6. The lowest BCUT2D eigenvalue weighted by atomic mass is 10.1. The second kappa shape index (κ2) is 11.0. The van der Waals surface area contributed by atoms with Crippen molar-refractivity contribution in [2.75, 3.05) is 5.32 Å². The summed E-state index contributed by atoms with van der Waals surface area (Å²) < 4.78 is 3.32. The molecule has 2 amide bonds. The van der Waals surface area contributed by atoms with Crippen LogP contribution < -0.4 is 22.3 Å². The molecule has 0 unspecified atom stereocenters. The molecule has 0 fully saturated rings. The molecule has 0 spiro atoms. The van der Waals surface area contributed by atoms with E-state index < -0.39 is 17.2 Å². The minimum Gasteiger partial charge on any atom is -0.369 e. The number of nitrogens with zero attached hydrogens (tertiary/aromatic N) is 3. The van der Waals surface area contributed by atoms with Gasteiger partial charge in [-0.2, -0.15) is 0 Å². The van der Waals surface area contributed by atoms with Crippen LogP contribution in [0.5, 0.6) is 0 Å². The van der Waals surface area contributed by atoms with Gasteiger partial charge in [0, 0.05) is 31.6 Å². The van der Waals surface area contributed by atoms with Crippen molar-refractivity contribution in [1.29, 1.82) is 0 Å². The fourth-order valence-electron chi connectivity index (χ4n) is 3.92. The molecule has 2 aromatic heterocycles. The van der Waals surface area contributed by atoms with Crippen LogP contribution in [0.1, 0.15) is 51.4 Å². The number of nitrogens with one attached hydrogen (secondary N) is 2. The minimum absolute atomic E-state index is 0.0265. The van der Waals surface area contributed by atoms with Crippen molar-refractivity contribution in [2.45, 2.75) is 66.0 Å². The van der Waals surface area contributed by atoms with Crippen LogP contribution in [0.4, 0.5) is 5.69 Å². The molecule has 0 radical (unpaired) electrons. The Morgan fingerprint density at radius 3 is 2.59 bits per heavy atom. The van der Waals surface area contributed by atoms with Gasteiger partial charge >= 0.3 is 5.69 Å². The van der Waals surface area contributed by atoms with Gasteiger partial charge in [-0.05, 0) is 24.0 Å². The average molecular weight is 469 g/mol. The van der Waals surface area contributed by atoms with E-state index in [1.54, 1.807) is 24.3 Å². The topological polar surface area (TPSA) is 145 Å². The molecule has 182 valence electrons. The van der Waals surface area contributed by atoms with Crippen molar-refractivity contribution in [3.8, 4) is 0 Å². The number of carbonyl (C=O) groups is 2. The number of carbonyl (C=O) groups excluding carboxylic acids is 2. The molecule has 0 aliphatic heterocycles. The van der Waals surface area contributed by atoms with E-state index in [1.165, 1.54) is 4.57 Å². The Kier molecular flexibility index (Phi) is 8.04. The fraction of sp³-hybridized carbons (Fsp3) is 0.458. The molecule has 0 aliphatic rings. The fourth-order valence-corrected chi connectivity index (χ4v) is 3.92. The summed E-state index contributed by atoms with van der Waals surface area (Å²) in [5.41, 5.74) is 6.23. The number of para-hydroxylation sites is 1. The molecule has 0 bridgehead atoms. The maximum atomic E-state index is 12.7. The molecule has 0 atom stereocenters. The van der Waals surface area contributed by atoms with Gasteiger partial charge in [0.05, 0.1) is 6.42 Å². The summed E-state index contributed by atoms with van der Waals surface area (Å²) in [5, 5.41) is 2.83. The molecule has 1 aromatic carbocycles. The Hall–Kier alpha value is -3.69. The van der Waals surface area contributed by atoms with E-state index in [9.17, 15) is 19.2 Å². The third kappa shape index (κ3) is 5.81. The van der Waals surface area contributed by atoms with Crippen LogP contribution in [0.15, 0.2) is 33.9 Å². The van der Waals surface area contributed by atoms with Gasteiger partial charge in [0.25, 0.3) is 5.56 Å². The summed E-state index contributed by atoms with van der Waals surface area (Å²) in [6, 6.07) is 7.00. The Balaban J connectivity index is 1.90. The Bertz CT molecular complexity index is 1300. The molecule has 34 heavy (non-hydrogen) atoms. The number of unbranched alkanes of at least 4 members (excludes halogenated alkanes) is 1. The highest BCUT2D eigenvalue weighted by Gasteiger charge is 2.20. The molecule has 4 N–H and O–H groups in total. The first-order valence-electron chi connectivity index (χ1n) is 11.6. The van der Waals surface area contributed by atoms with Gasteiger partial charge in [-0.3, -0.25) is 23.9 Å². The van der Waals surface area contributed by atoms with Gasteiger partial charge in [0.2, 0.25) is 11.8 Å². The summed E-state index contributed by atoms with van der Waals surface area (Å²) >= 11 is 0. The number of nitrogens with two attached hydrogens (primary N) is 1. The van der Waals surface area contributed by atoms with Crippen LogP contribution in [0.2, 0.25) is 0 Å². The van der Waals surface area contributed by atoms with E-state index in [1.807, 2.05) is 25.3 Å². The van der Waals surface area contributed by atoms with Crippen molar-refractivity contribution < 1.29 is 9.59 Å². The maximum absolute atomic E-state index is 12.7. The van der Waals surface area contributed by atoms with Crippen LogP contribution in [0.25, 0.3) is 11.2 Å². The first-order chi connectivity index (χ1) is 16.2. The number of imidazole rings is 1. The third-order valence-electron chi connectivity index (χ3n) is 5.48.